The summed E-state index contributed by atoms with van der Waals surface area (Å²) in [5, 5.41) is 9.45. The van der Waals surface area contributed by atoms with Crippen LogP contribution in [0.1, 0.15) is 35.0 Å². The smallest absolute Gasteiger partial charge is 0.389 e. The third-order valence-electron chi connectivity index (χ3n) is 4.27. The molecule has 0 saturated carbocycles. The van der Waals surface area contributed by atoms with Gasteiger partial charge in [0, 0.05) is 29.5 Å². The van der Waals surface area contributed by atoms with E-state index < -0.39 is 24.1 Å². The maximum absolute atomic E-state index is 12.7. The highest BCUT2D eigenvalue weighted by molar-refractivity contribution is 6.30. The average molecular weight is 441 g/mol. The first-order valence-electron chi connectivity index (χ1n) is 8.88. The van der Waals surface area contributed by atoms with E-state index in [1.807, 2.05) is 0 Å². The molecule has 3 aromatic rings. The third kappa shape index (κ3) is 5.50. The lowest BCUT2D eigenvalue weighted by atomic mass is 10.1. The van der Waals surface area contributed by atoms with Gasteiger partial charge in [0.2, 0.25) is 5.76 Å². The molecular formula is C20H16ClF3N2O4. The second-order valence-electron chi connectivity index (χ2n) is 6.53. The Morgan fingerprint density at radius 1 is 1.17 bits per heavy atom. The van der Waals surface area contributed by atoms with Crippen LogP contribution in [0.4, 0.5) is 13.2 Å². The van der Waals surface area contributed by atoms with Gasteiger partial charge in [-0.05, 0) is 30.7 Å². The van der Waals surface area contributed by atoms with Crippen LogP contribution in [-0.4, -0.2) is 26.8 Å². The number of alkyl halides is 3. The fraction of sp³-hybridized carbons (Fsp3) is 0.250. The summed E-state index contributed by atoms with van der Waals surface area (Å²) in [4.78, 5) is 28.1. The highest BCUT2D eigenvalue weighted by Gasteiger charge is 2.26. The van der Waals surface area contributed by atoms with Gasteiger partial charge in [0.05, 0.1) is 12.2 Å². The molecule has 158 valence electrons. The van der Waals surface area contributed by atoms with Crippen molar-refractivity contribution < 1.29 is 27.5 Å². The zero-order chi connectivity index (χ0) is 21.9. The molecule has 0 amide bonds. The summed E-state index contributed by atoms with van der Waals surface area (Å²) in [6.07, 6.45) is -5.69. The molecule has 0 fully saturated rings. The van der Waals surface area contributed by atoms with Gasteiger partial charge in [-0.3, -0.25) is 9.36 Å². The minimum atomic E-state index is -4.32. The SMILES string of the molecule is O=C(O)c1ccc(Cn2c(CCCC(F)(F)F)nc(-c3ccc(Cl)cc3)cc2=O)o1. The molecule has 6 nitrogen and oxygen atoms in total. The number of furan rings is 1. The summed E-state index contributed by atoms with van der Waals surface area (Å²) in [6.45, 7) is -0.151. The van der Waals surface area contributed by atoms with Crippen molar-refractivity contribution in [3.63, 3.8) is 0 Å². The van der Waals surface area contributed by atoms with Crippen LogP contribution in [0.15, 0.2) is 51.7 Å². The summed E-state index contributed by atoms with van der Waals surface area (Å²) in [6, 6.07) is 10.4. The van der Waals surface area contributed by atoms with E-state index in [0.717, 1.165) is 0 Å². The second kappa shape index (κ2) is 8.74. The van der Waals surface area contributed by atoms with Crippen LogP contribution in [0.5, 0.6) is 0 Å². The Bertz CT molecular complexity index is 1100. The predicted molar refractivity (Wildman–Crippen MR) is 103 cm³/mol. The van der Waals surface area contributed by atoms with Crippen LogP contribution in [0, 0.1) is 0 Å². The van der Waals surface area contributed by atoms with Crippen LogP contribution in [-0.2, 0) is 13.0 Å². The molecule has 3 rings (SSSR count). The first-order chi connectivity index (χ1) is 14.1. The van der Waals surface area contributed by atoms with Gasteiger partial charge >= 0.3 is 12.1 Å². The summed E-state index contributed by atoms with van der Waals surface area (Å²) < 4.78 is 44.1. The molecule has 0 atom stereocenters. The first-order valence-corrected chi connectivity index (χ1v) is 9.25. The summed E-state index contributed by atoms with van der Waals surface area (Å²) in [5.41, 5.74) is 0.401. The number of aromatic carboxylic acids is 1. The summed E-state index contributed by atoms with van der Waals surface area (Å²) in [5.74, 6) is -1.25. The molecule has 0 aliphatic heterocycles. The third-order valence-corrected chi connectivity index (χ3v) is 4.53. The van der Waals surface area contributed by atoms with Crippen LogP contribution in [0.25, 0.3) is 11.3 Å². The van der Waals surface area contributed by atoms with Crippen LogP contribution in [0.2, 0.25) is 5.02 Å². The Hall–Kier alpha value is -3.07. The Labute approximate surface area is 173 Å². The largest absolute Gasteiger partial charge is 0.475 e. The number of rotatable bonds is 7. The Morgan fingerprint density at radius 2 is 1.87 bits per heavy atom. The maximum atomic E-state index is 12.7. The van der Waals surface area contributed by atoms with Gasteiger partial charge < -0.3 is 9.52 Å². The lowest BCUT2D eigenvalue weighted by Gasteiger charge is -2.13. The number of hydrogen-bond acceptors (Lipinski definition) is 4. The number of benzene rings is 1. The van der Waals surface area contributed by atoms with E-state index in [-0.39, 0.29) is 36.7 Å². The molecule has 0 spiro atoms. The van der Waals surface area contributed by atoms with Gasteiger partial charge in [-0.1, -0.05) is 23.7 Å². The molecule has 30 heavy (non-hydrogen) atoms. The van der Waals surface area contributed by atoms with Crippen molar-refractivity contribution in [3.8, 4) is 11.3 Å². The first kappa shape index (κ1) is 21.6. The quantitative estimate of drug-likeness (QED) is 0.571. The number of aryl methyl sites for hydroxylation is 1. The Balaban J connectivity index is 1.97. The lowest BCUT2D eigenvalue weighted by Crippen LogP contribution is -2.25. The van der Waals surface area contributed by atoms with Gasteiger partial charge in [0.25, 0.3) is 5.56 Å². The molecule has 2 aromatic heterocycles. The van der Waals surface area contributed by atoms with E-state index >= 15 is 0 Å². The Kier molecular flexibility index (Phi) is 6.31. The number of carboxylic acid groups (broad SMARTS) is 1. The lowest BCUT2D eigenvalue weighted by molar-refractivity contribution is -0.135. The number of hydrogen-bond donors (Lipinski definition) is 1. The van der Waals surface area contributed by atoms with Crippen LogP contribution in [0.3, 0.4) is 0 Å². The van der Waals surface area contributed by atoms with E-state index in [4.69, 9.17) is 21.1 Å². The zero-order valence-corrected chi connectivity index (χ0v) is 16.2. The van der Waals surface area contributed by atoms with Gasteiger partial charge in [-0.25, -0.2) is 9.78 Å². The highest BCUT2D eigenvalue weighted by atomic mass is 35.5. The van der Waals surface area contributed by atoms with Gasteiger partial charge in [-0.2, -0.15) is 13.2 Å². The number of halogens is 4. The molecule has 0 bridgehead atoms. The minimum Gasteiger partial charge on any atom is -0.475 e. The number of carbonyl (C=O) groups is 1. The van der Waals surface area contributed by atoms with E-state index in [9.17, 15) is 22.8 Å². The Morgan fingerprint density at radius 3 is 2.47 bits per heavy atom. The number of aromatic nitrogens is 2. The maximum Gasteiger partial charge on any atom is 0.389 e. The predicted octanol–water partition coefficient (Wildman–Crippen LogP) is 4.79. The van der Waals surface area contributed by atoms with E-state index in [1.165, 1.54) is 22.8 Å². The molecule has 1 aromatic carbocycles. The molecule has 2 heterocycles. The van der Waals surface area contributed by atoms with Gasteiger partial charge in [0.15, 0.2) is 0 Å². The molecule has 0 radical (unpaired) electrons. The topological polar surface area (TPSA) is 85.3 Å². The van der Waals surface area contributed by atoms with Crippen molar-refractivity contribution >= 4 is 17.6 Å². The van der Waals surface area contributed by atoms with Crippen LogP contribution < -0.4 is 5.56 Å². The zero-order valence-electron chi connectivity index (χ0n) is 15.4. The highest BCUT2D eigenvalue weighted by Crippen LogP contribution is 2.24. The second-order valence-corrected chi connectivity index (χ2v) is 6.97. The fourth-order valence-corrected chi connectivity index (χ4v) is 2.99. The standard InChI is InChI=1S/C20H16ClF3N2O4/c21-13-5-3-12(4-6-13)15-10-18(27)26(11-14-7-8-16(30-14)19(28)29)17(25-15)2-1-9-20(22,23)24/h3-8,10H,1-2,9,11H2,(H,28,29). The molecule has 0 unspecified atom stereocenters. The molecule has 0 aliphatic carbocycles. The van der Waals surface area contributed by atoms with Crippen molar-refractivity contribution in [2.24, 2.45) is 0 Å². The van der Waals surface area contributed by atoms with Gasteiger partial charge in [-0.15, -0.1) is 0 Å². The van der Waals surface area contributed by atoms with Crippen molar-refractivity contribution in [2.45, 2.75) is 32.0 Å². The minimum absolute atomic E-state index is 0.0946. The van der Waals surface area contributed by atoms with E-state index in [0.29, 0.717) is 16.3 Å². The molecule has 1 N–H and O–H groups in total. The van der Waals surface area contributed by atoms with Crippen molar-refractivity contribution in [3.05, 3.63) is 75.2 Å². The van der Waals surface area contributed by atoms with E-state index in [2.05, 4.69) is 4.98 Å². The van der Waals surface area contributed by atoms with E-state index in [1.54, 1.807) is 24.3 Å². The van der Waals surface area contributed by atoms with Crippen LogP contribution >= 0.6 is 11.6 Å². The van der Waals surface area contributed by atoms with Crippen molar-refractivity contribution in [2.75, 3.05) is 0 Å². The monoisotopic (exact) mass is 440 g/mol. The molecule has 0 aliphatic rings. The van der Waals surface area contributed by atoms with Gasteiger partial charge in [0.1, 0.15) is 11.6 Å². The fourth-order valence-electron chi connectivity index (χ4n) is 2.86. The number of nitrogens with zero attached hydrogens (tertiary/aromatic N) is 2. The molecular weight excluding hydrogens is 425 g/mol. The van der Waals surface area contributed by atoms with Crippen molar-refractivity contribution in [1.82, 2.24) is 9.55 Å². The molecule has 0 saturated heterocycles. The normalized spacial score (nSPS) is 11.6. The summed E-state index contributed by atoms with van der Waals surface area (Å²) in [7, 11) is 0. The summed E-state index contributed by atoms with van der Waals surface area (Å²) >= 11 is 5.87. The van der Waals surface area contributed by atoms with Crippen molar-refractivity contribution in [1.29, 1.82) is 0 Å². The number of carboxylic acids is 1. The average Bonchev–Trinajstić information content (AvgIpc) is 3.13. The molecule has 10 heteroatoms.